The van der Waals surface area contributed by atoms with Crippen molar-refractivity contribution in [3.63, 3.8) is 0 Å². The molecular formula is C21H24N4O2S. The topological polar surface area (TPSA) is 69.0 Å². The molecule has 0 aliphatic heterocycles. The van der Waals surface area contributed by atoms with Crippen LogP contribution < -0.4 is 10.1 Å². The Morgan fingerprint density at radius 2 is 1.86 bits per heavy atom. The van der Waals surface area contributed by atoms with Gasteiger partial charge in [-0.2, -0.15) is 0 Å². The molecule has 0 aliphatic carbocycles. The fraction of sp³-hybridized carbons (Fsp3) is 0.286. The van der Waals surface area contributed by atoms with Crippen molar-refractivity contribution in [2.75, 3.05) is 11.9 Å². The highest BCUT2D eigenvalue weighted by Crippen LogP contribution is 2.24. The van der Waals surface area contributed by atoms with Gasteiger partial charge in [-0.15, -0.1) is 10.2 Å². The summed E-state index contributed by atoms with van der Waals surface area (Å²) in [4.78, 5) is 12.6. The van der Waals surface area contributed by atoms with Crippen LogP contribution in [0.1, 0.15) is 25.2 Å². The SMILES string of the molecule is CCOc1ccc(NC(=O)[C@H](C)Sc2nnc(C)n2Cc2ccccc2)cc1. The molecule has 0 fully saturated rings. The van der Waals surface area contributed by atoms with E-state index in [9.17, 15) is 4.79 Å². The quantitative estimate of drug-likeness (QED) is 0.579. The van der Waals surface area contributed by atoms with Crippen LogP contribution in [0.5, 0.6) is 5.75 Å². The van der Waals surface area contributed by atoms with Gasteiger partial charge < -0.3 is 14.6 Å². The Kier molecular flexibility index (Phi) is 6.71. The molecule has 28 heavy (non-hydrogen) atoms. The smallest absolute Gasteiger partial charge is 0.237 e. The van der Waals surface area contributed by atoms with Gasteiger partial charge in [0.1, 0.15) is 11.6 Å². The van der Waals surface area contributed by atoms with Gasteiger partial charge in [-0.3, -0.25) is 4.79 Å². The van der Waals surface area contributed by atoms with Crippen LogP contribution in [0.15, 0.2) is 59.8 Å². The van der Waals surface area contributed by atoms with E-state index in [4.69, 9.17) is 4.74 Å². The van der Waals surface area contributed by atoms with E-state index in [1.165, 1.54) is 17.3 Å². The predicted molar refractivity (Wildman–Crippen MR) is 112 cm³/mol. The van der Waals surface area contributed by atoms with E-state index < -0.39 is 0 Å². The Morgan fingerprint density at radius 3 is 2.54 bits per heavy atom. The summed E-state index contributed by atoms with van der Waals surface area (Å²) in [7, 11) is 0. The lowest BCUT2D eigenvalue weighted by Crippen LogP contribution is -2.23. The number of hydrogen-bond donors (Lipinski definition) is 1. The van der Waals surface area contributed by atoms with Crippen molar-refractivity contribution >= 4 is 23.4 Å². The third kappa shape index (κ3) is 5.13. The second-order valence-corrected chi connectivity index (χ2v) is 7.62. The normalized spacial score (nSPS) is 11.8. The highest BCUT2D eigenvalue weighted by molar-refractivity contribution is 8.00. The fourth-order valence-corrected chi connectivity index (χ4v) is 3.55. The van der Waals surface area contributed by atoms with E-state index in [1.807, 2.05) is 67.8 Å². The Balaban J connectivity index is 1.64. The maximum Gasteiger partial charge on any atom is 0.237 e. The van der Waals surface area contributed by atoms with Crippen LogP contribution in [-0.2, 0) is 11.3 Å². The van der Waals surface area contributed by atoms with Crippen LogP contribution in [0, 0.1) is 6.92 Å². The van der Waals surface area contributed by atoms with E-state index in [0.29, 0.717) is 13.2 Å². The third-order valence-electron chi connectivity index (χ3n) is 4.17. The number of carbonyl (C=O) groups excluding carboxylic acids is 1. The van der Waals surface area contributed by atoms with Gasteiger partial charge in [-0.25, -0.2) is 0 Å². The average molecular weight is 397 g/mol. The van der Waals surface area contributed by atoms with Crippen LogP contribution in [0.2, 0.25) is 0 Å². The highest BCUT2D eigenvalue weighted by atomic mass is 32.2. The Bertz CT molecular complexity index is 910. The van der Waals surface area contributed by atoms with Crippen molar-refractivity contribution in [2.45, 2.75) is 37.7 Å². The fourth-order valence-electron chi connectivity index (χ4n) is 2.65. The van der Waals surface area contributed by atoms with E-state index in [1.54, 1.807) is 0 Å². The number of aromatic nitrogens is 3. The number of rotatable bonds is 8. The van der Waals surface area contributed by atoms with Gasteiger partial charge in [0.25, 0.3) is 0 Å². The number of aryl methyl sites for hydroxylation is 1. The van der Waals surface area contributed by atoms with E-state index in [2.05, 4.69) is 27.6 Å². The minimum Gasteiger partial charge on any atom is -0.494 e. The summed E-state index contributed by atoms with van der Waals surface area (Å²) in [6.45, 7) is 7.01. The molecule has 0 aliphatic rings. The van der Waals surface area contributed by atoms with Crippen molar-refractivity contribution in [3.8, 4) is 5.75 Å². The number of ether oxygens (including phenoxy) is 1. The lowest BCUT2D eigenvalue weighted by atomic mass is 10.2. The molecule has 7 heteroatoms. The number of carbonyl (C=O) groups is 1. The van der Waals surface area contributed by atoms with Crippen molar-refractivity contribution in [2.24, 2.45) is 0 Å². The highest BCUT2D eigenvalue weighted by Gasteiger charge is 2.19. The maximum atomic E-state index is 12.6. The molecule has 1 heterocycles. The van der Waals surface area contributed by atoms with Crippen molar-refractivity contribution < 1.29 is 9.53 Å². The molecule has 3 rings (SSSR count). The number of anilines is 1. The summed E-state index contributed by atoms with van der Waals surface area (Å²) < 4.78 is 7.45. The first kappa shape index (κ1) is 19.9. The molecule has 1 aromatic heterocycles. The number of nitrogens with one attached hydrogen (secondary N) is 1. The van der Waals surface area contributed by atoms with Gasteiger partial charge in [0.2, 0.25) is 5.91 Å². The summed E-state index contributed by atoms with van der Waals surface area (Å²) in [5.41, 5.74) is 1.90. The van der Waals surface area contributed by atoms with Crippen molar-refractivity contribution in [1.29, 1.82) is 0 Å². The molecule has 0 unspecified atom stereocenters. The van der Waals surface area contributed by atoms with Crippen LogP contribution in [0.25, 0.3) is 0 Å². The van der Waals surface area contributed by atoms with E-state index >= 15 is 0 Å². The minimum atomic E-state index is -0.315. The molecular weight excluding hydrogens is 372 g/mol. The molecule has 0 spiro atoms. The largest absolute Gasteiger partial charge is 0.494 e. The van der Waals surface area contributed by atoms with Gasteiger partial charge in [-0.1, -0.05) is 42.1 Å². The first-order valence-corrected chi connectivity index (χ1v) is 10.1. The predicted octanol–water partition coefficient (Wildman–Crippen LogP) is 4.15. The molecule has 6 nitrogen and oxygen atoms in total. The molecule has 0 saturated heterocycles. The summed E-state index contributed by atoms with van der Waals surface area (Å²) in [6, 6.07) is 17.5. The van der Waals surface area contributed by atoms with Gasteiger partial charge in [0.05, 0.1) is 18.4 Å². The Hall–Kier alpha value is -2.80. The standard InChI is InChI=1S/C21H24N4O2S/c1-4-27-19-12-10-18(11-13-19)22-20(26)15(2)28-21-24-23-16(3)25(21)14-17-8-6-5-7-9-17/h5-13,15H,4,14H2,1-3H3,(H,22,26)/t15-/m0/s1. The average Bonchev–Trinajstić information content (AvgIpc) is 3.04. The molecule has 1 atom stereocenters. The number of amides is 1. The third-order valence-corrected chi connectivity index (χ3v) is 5.25. The second kappa shape index (κ2) is 9.41. The minimum absolute atomic E-state index is 0.0823. The molecule has 1 amide bonds. The lowest BCUT2D eigenvalue weighted by Gasteiger charge is -2.13. The van der Waals surface area contributed by atoms with E-state index in [0.717, 1.165) is 22.4 Å². The van der Waals surface area contributed by atoms with Gasteiger partial charge in [0, 0.05) is 5.69 Å². The summed E-state index contributed by atoms with van der Waals surface area (Å²) in [6.07, 6.45) is 0. The molecule has 1 N–H and O–H groups in total. The maximum absolute atomic E-state index is 12.6. The van der Waals surface area contributed by atoms with Crippen LogP contribution in [0.4, 0.5) is 5.69 Å². The molecule has 0 bridgehead atoms. The van der Waals surface area contributed by atoms with E-state index in [-0.39, 0.29) is 11.2 Å². The first-order chi connectivity index (χ1) is 13.6. The summed E-state index contributed by atoms with van der Waals surface area (Å²) >= 11 is 1.40. The number of hydrogen-bond acceptors (Lipinski definition) is 5. The molecule has 146 valence electrons. The number of benzene rings is 2. The second-order valence-electron chi connectivity index (χ2n) is 6.31. The van der Waals surface area contributed by atoms with Crippen LogP contribution in [-0.4, -0.2) is 32.5 Å². The molecule has 0 radical (unpaired) electrons. The zero-order valence-corrected chi connectivity index (χ0v) is 17.1. The number of thioether (sulfide) groups is 1. The molecule has 0 saturated carbocycles. The first-order valence-electron chi connectivity index (χ1n) is 9.21. The summed E-state index contributed by atoms with van der Waals surface area (Å²) in [5, 5.41) is 11.8. The van der Waals surface area contributed by atoms with Gasteiger partial charge in [0.15, 0.2) is 5.16 Å². The Morgan fingerprint density at radius 1 is 1.14 bits per heavy atom. The van der Waals surface area contributed by atoms with Gasteiger partial charge >= 0.3 is 0 Å². The van der Waals surface area contributed by atoms with Crippen LogP contribution in [0.3, 0.4) is 0 Å². The monoisotopic (exact) mass is 396 g/mol. The summed E-state index contributed by atoms with van der Waals surface area (Å²) in [5.74, 6) is 1.53. The number of nitrogens with zero attached hydrogens (tertiary/aromatic N) is 3. The van der Waals surface area contributed by atoms with Crippen LogP contribution >= 0.6 is 11.8 Å². The van der Waals surface area contributed by atoms with Gasteiger partial charge in [-0.05, 0) is 50.6 Å². The zero-order chi connectivity index (χ0) is 19.9. The molecule has 2 aromatic carbocycles. The zero-order valence-electron chi connectivity index (χ0n) is 16.3. The van der Waals surface area contributed by atoms with Crippen molar-refractivity contribution in [3.05, 3.63) is 66.0 Å². The van der Waals surface area contributed by atoms with Crippen molar-refractivity contribution in [1.82, 2.24) is 14.8 Å². The molecule has 3 aromatic rings. The Labute approximate surface area is 169 Å². The lowest BCUT2D eigenvalue weighted by molar-refractivity contribution is -0.115.